The van der Waals surface area contributed by atoms with Crippen LogP contribution in [0.2, 0.25) is 0 Å². The van der Waals surface area contributed by atoms with Gasteiger partial charge in [0.1, 0.15) is 0 Å². The fourth-order valence-corrected chi connectivity index (χ4v) is 4.35. The van der Waals surface area contributed by atoms with Crippen LogP contribution >= 0.6 is 11.3 Å². The molecule has 0 saturated heterocycles. The number of amides is 1. The van der Waals surface area contributed by atoms with Crippen molar-refractivity contribution in [3.63, 3.8) is 0 Å². The summed E-state index contributed by atoms with van der Waals surface area (Å²) in [6.07, 6.45) is 0.337. The highest BCUT2D eigenvalue weighted by molar-refractivity contribution is 7.22. The van der Waals surface area contributed by atoms with Crippen molar-refractivity contribution in [3.05, 3.63) is 58.7 Å². The molecular weight excluding hydrogens is 348 g/mol. The first-order valence-corrected chi connectivity index (χ1v) is 9.18. The van der Waals surface area contributed by atoms with Gasteiger partial charge in [0.2, 0.25) is 0 Å². The Labute approximate surface area is 155 Å². The van der Waals surface area contributed by atoms with Crippen molar-refractivity contribution in [1.29, 1.82) is 0 Å². The number of benzene rings is 2. The third-order valence-corrected chi connectivity index (χ3v) is 5.53. The number of aryl methyl sites for hydroxylation is 2. The molecule has 1 aromatic heterocycles. The van der Waals surface area contributed by atoms with Crippen molar-refractivity contribution in [2.45, 2.75) is 32.8 Å². The van der Waals surface area contributed by atoms with Crippen molar-refractivity contribution >= 4 is 38.6 Å². The lowest BCUT2D eigenvalue weighted by molar-refractivity contribution is -0.134. The second-order valence-corrected chi connectivity index (χ2v) is 7.89. The monoisotopic (exact) mass is 366 g/mol. The Morgan fingerprint density at radius 2 is 2.04 bits per heavy atom. The summed E-state index contributed by atoms with van der Waals surface area (Å²) >= 11 is 1.42. The zero-order chi connectivity index (χ0) is 18.5. The molecule has 0 fully saturated rings. The largest absolute Gasteiger partial charge is 0.445 e. The number of esters is 1. The predicted molar refractivity (Wildman–Crippen MR) is 102 cm³/mol. The number of aromatic nitrogens is 1. The number of nitrogens with one attached hydrogen (secondary N) is 1. The maximum absolute atomic E-state index is 12.9. The summed E-state index contributed by atoms with van der Waals surface area (Å²) in [6.45, 7) is 5.67. The highest BCUT2D eigenvalue weighted by atomic mass is 32.1. The number of rotatable bonds is 2. The van der Waals surface area contributed by atoms with Gasteiger partial charge in [-0.15, -0.1) is 0 Å². The Morgan fingerprint density at radius 3 is 2.85 bits per heavy atom. The molecule has 1 aliphatic rings. The third-order valence-electron chi connectivity index (χ3n) is 4.61. The summed E-state index contributed by atoms with van der Waals surface area (Å²) in [5, 5.41) is 3.34. The first kappa shape index (κ1) is 16.7. The molecule has 0 saturated carbocycles. The van der Waals surface area contributed by atoms with Crippen molar-refractivity contribution in [3.8, 4) is 0 Å². The molecule has 5 nitrogen and oxygen atoms in total. The van der Waals surface area contributed by atoms with Crippen LogP contribution in [0.15, 0.2) is 36.4 Å². The lowest BCUT2D eigenvalue weighted by Crippen LogP contribution is -2.48. The standard InChI is InChI=1S/C20H18N2O3S/c1-11-8-12(2)16-15(9-11)26-19(21-16)22-18(24)20(3)10-13-6-4-5-7-14(13)17(23)25-20/h4-9H,10H2,1-3H3,(H,21,22,24). The molecule has 4 rings (SSSR count). The molecule has 1 unspecified atom stereocenters. The Bertz CT molecular complexity index is 1060. The topological polar surface area (TPSA) is 68.3 Å². The van der Waals surface area contributed by atoms with Crippen LogP contribution in [0.1, 0.15) is 34.0 Å². The first-order chi connectivity index (χ1) is 12.4. The Morgan fingerprint density at radius 1 is 1.27 bits per heavy atom. The normalized spacial score (nSPS) is 19.1. The number of thiazole rings is 1. The zero-order valence-corrected chi connectivity index (χ0v) is 15.6. The lowest BCUT2D eigenvalue weighted by atomic mass is 9.89. The fraction of sp³-hybridized carbons (Fsp3) is 0.250. The molecule has 2 heterocycles. The molecule has 1 aliphatic heterocycles. The van der Waals surface area contributed by atoms with Crippen LogP contribution in [0.4, 0.5) is 5.13 Å². The van der Waals surface area contributed by atoms with Crippen LogP contribution < -0.4 is 5.32 Å². The quantitative estimate of drug-likeness (QED) is 0.696. The number of ether oxygens (including phenoxy) is 1. The van der Waals surface area contributed by atoms with Crippen LogP contribution in [-0.2, 0) is 16.0 Å². The highest BCUT2D eigenvalue weighted by Crippen LogP contribution is 2.32. The number of carbonyl (C=O) groups excluding carboxylic acids is 2. The molecular formula is C20H18N2O3S. The number of hydrogen-bond acceptors (Lipinski definition) is 5. The van der Waals surface area contributed by atoms with Crippen LogP contribution in [0.25, 0.3) is 10.2 Å². The molecule has 0 radical (unpaired) electrons. The van der Waals surface area contributed by atoms with Crippen molar-refractivity contribution in [1.82, 2.24) is 4.98 Å². The maximum atomic E-state index is 12.9. The lowest BCUT2D eigenvalue weighted by Gasteiger charge is -2.32. The van der Waals surface area contributed by atoms with Crippen LogP contribution in [0.3, 0.4) is 0 Å². The molecule has 132 valence electrons. The summed E-state index contributed by atoms with van der Waals surface area (Å²) < 4.78 is 6.50. The number of nitrogens with zero attached hydrogens (tertiary/aromatic N) is 1. The number of carbonyl (C=O) groups is 2. The van der Waals surface area contributed by atoms with E-state index in [0.717, 1.165) is 26.9 Å². The molecule has 26 heavy (non-hydrogen) atoms. The van der Waals surface area contributed by atoms with Gasteiger partial charge in [-0.3, -0.25) is 10.1 Å². The summed E-state index contributed by atoms with van der Waals surface area (Å²) in [4.78, 5) is 29.6. The molecule has 1 amide bonds. The van der Waals surface area contributed by atoms with Gasteiger partial charge in [0, 0.05) is 6.42 Å². The fourth-order valence-electron chi connectivity index (χ4n) is 3.31. The molecule has 3 aromatic rings. The second-order valence-electron chi connectivity index (χ2n) is 6.86. The Balaban J connectivity index is 1.62. The van der Waals surface area contributed by atoms with E-state index in [0.29, 0.717) is 17.1 Å². The smallest absolute Gasteiger partial charge is 0.339 e. The van der Waals surface area contributed by atoms with E-state index in [1.165, 1.54) is 11.3 Å². The van der Waals surface area contributed by atoms with E-state index in [2.05, 4.69) is 16.4 Å². The van der Waals surface area contributed by atoms with E-state index in [-0.39, 0.29) is 5.91 Å². The van der Waals surface area contributed by atoms with E-state index >= 15 is 0 Å². The van der Waals surface area contributed by atoms with Gasteiger partial charge in [0.05, 0.1) is 15.8 Å². The zero-order valence-electron chi connectivity index (χ0n) is 14.8. The predicted octanol–water partition coefficient (Wildman–Crippen LogP) is 4.02. The summed E-state index contributed by atoms with van der Waals surface area (Å²) in [5.41, 5.74) is 3.18. The highest BCUT2D eigenvalue weighted by Gasteiger charge is 2.42. The van der Waals surface area contributed by atoms with Crippen molar-refractivity contribution in [2.24, 2.45) is 0 Å². The van der Waals surface area contributed by atoms with E-state index in [1.54, 1.807) is 19.1 Å². The molecule has 2 aromatic carbocycles. The van der Waals surface area contributed by atoms with Gasteiger partial charge in [-0.05, 0) is 49.6 Å². The van der Waals surface area contributed by atoms with E-state index in [1.807, 2.05) is 32.0 Å². The summed E-state index contributed by atoms with van der Waals surface area (Å²) in [6, 6.07) is 11.3. The second kappa shape index (κ2) is 5.92. The molecule has 0 aliphatic carbocycles. The minimum Gasteiger partial charge on any atom is -0.445 e. The minimum absolute atomic E-state index is 0.337. The number of anilines is 1. The average Bonchev–Trinajstić information content (AvgIpc) is 2.97. The van der Waals surface area contributed by atoms with Gasteiger partial charge in [0.15, 0.2) is 10.7 Å². The van der Waals surface area contributed by atoms with E-state index in [9.17, 15) is 9.59 Å². The van der Waals surface area contributed by atoms with Crippen LogP contribution in [-0.4, -0.2) is 22.5 Å². The van der Waals surface area contributed by atoms with Crippen molar-refractivity contribution in [2.75, 3.05) is 5.32 Å². The molecule has 6 heteroatoms. The van der Waals surface area contributed by atoms with E-state index in [4.69, 9.17) is 4.74 Å². The number of hydrogen-bond donors (Lipinski definition) is 1. The van der Waals surface area contributed by atoms with Gasteiger partial charge in [0.25, 0.3) is 5.91 Å². The summed E-state index contributed by atoms with van der Waals surface area (Å²) in [5.74, 6) is -0.839. The molecule has 1 atom stereocenters. The Hall–Kier alpha value is -2.73. The van der Waals surface area contributed by atoms with Gasteiger partial charge in [-0.1, -0.05) is 35.6 Å². The number of fused-ring (bicyclic) bond motifs is 2. The van der Waals surface area contributed by atoms with Gasteiger partial charge in [-0.2, -0.15) is 0 Å². The van der Waals surface area contributed by atoms with Crippen LogP contribution in [0, 0.1) is 13.8 Å². The molecule has 0 spiro atoms. The van der Waals surface area contributed by atoms with Crippen molar-refractivity contribution < 1.29 is 14.3 Å². The van der Waals surface area contributed by atoms with Crippen LogP contribution in [0.5, 0.6) is 0 Å². The molecule has 0 bridgehead atoms. The number of cyclic esters (lactones) is 1. The van der Waals surface area contributed by atoms with E-state index < -0.39 is 11.6 Å². The minimum atomic E-state index is -1.26. The molecule has 1 N–H and O–H groups in total. The van der Waals surface area contributed by atoms with Gasteiger partial charge >= 0.3 is 5.97 Å². The maximum Gasteiger partial charge on any atom is 0.339 e. The SMILES string of the molecule is Cc1cc(C)c2nc(NC(=O)C3(C)Cc4ccccc4C(=O)O3)sc2c1. The third kappa shape index (κ3) is 2.76. The summed E-state index contributed by atoms with van der Waals surface area (Å²) in [7, 11) is 0. The average molecular weight is 366 g/mol. The van der Waals surface area contributed by atoms with Gasteiger partial charge in [-0.25, -0.2) is 9.78 Å². The van der Waals surface area contributed by atoms with Gasteiger partial charge < -0.3 is 4.74 Å². The first-order valence-electron chi connectivity index (χ1n) is 8.36. The Kier molecular flexibility index (Phi) is 3.80.